The van der Waals surface area contributed by atoms with Gasteiger partial charge in [0.25, 0.3) is 0 Å². The van der Waals surface area contributed by atoms with Gasteiger partial charge in [-0.15, -0.1) is 0 Å². The first-order valence-corrected chi connectivity index (χ1v) is 6.68. The minimum absolute atomic E-state index is 0.0761. The number of allylic oxidation sites excluding steroid dienone is 6. The average molecular weight is 294 g/mol. The number of hydrazine groups is 1. The van der Waals surface area contributed by atoms with Crippen LogP contribution in [0.3, 0.4) is 0 Å². The Morgan fingerprint density at radius 1 is 1.14 bits per heavy atom. The molecule has 110 valence electrons. The van der Waals surface area contributed by atoms with Crippen molar-refractivity contribution in [2.24, 2.45) is 5.84 Å². The molecule has 2 aliphatic rings. The summed E-state index contributed by atoms with van der Waals surface area (Å²) in [7, 11) is 0. The number of aromatic nitrogens is 4. The maximum absolute atomic E-state index is 11.5. The third-order valence-electron chi connectivity index (χ3n) is 3.16. The van der Waals surface area contributed by atoms with Crippen LogP contribution in [0.1, 0.15) is 6.42 Å². The van der Waals surface area contributed by atoms with Gasteiger partial charge in [-0.2, -0.15) is 4.98 Å². The summed E-state index contributed by atoms with van der Waals surface area (Å²) < 4.78 is 1.22. The highest BCUT2D eigenvalue weighted by Gasteiger charge is 2.07. The number of nitrogens with zero attached hydrogens (tertiary/aromatic N) is 4. The van der Waals surface area contributed by atoms with Crippen LogP contribution in [0, 0.1) is 0 Å². The zero-order valence-corrected chi connectivity index (χ0v) is 11.7. The number of hydrogen-bond donors (Lipinski definition) is 2. The zero-order valence-electron chi connectivity index (χ0n) is 11.7. The standard InChI is InChI=1S/C8H8N6O.C7H6/c9-13-7-11-5-14(8(15)12-7)6-3-1-2-4-10-6;1-2-7-4-3-6(1)5-7/h1-5H,9H2,(H,12,13,15);1-4H,5H2. The molecule has 7 nitrogen and oxygen atoms in total. The lowest BCUT2D eigenvalue weighted by atomic mass is 10.3. The molecule has 7 heteroatoms. The summed E-state index contributed by atoms with van der Waals surface area (Å²) in [5.41, 5.74) is 4.64. The molecule has 0 saturated heterocycles. The monoisotopic (exact) mass is 294 g/mol. The maximum atomic E-state index is 11.5. The molecule has 2 aliphatic carbocycles. The molecule has 0 amide bonds. The largest absolute Gasteiger partial charge is 0.357 e. The third-order valence-corrected chi connectivity index (χ3v) is 3.16. The highest BCUT2D eigenvalue weighted by molar-refractivity contribution is 5.49. The van der Waals surface area contributed by atoms with Crippen LogP contribution in [0.15, 0.2) is 71.0 Å². The molecular weight excluding hydrogens is 280 g/mol. The van der Waals surface area contributed by atoms with Gasteiger partial charge >= 0.3 is 5.69 Å². The van der Waals surface area contributed by atoms with Crippen LogP contribution in [0.4, 0.5) is 5.95 Å². The fraction of sp³-hybridized carbons (Fsp3) is 0.0667. The SMILES string of the molecule is C1=CC2=CC=C1C2.NNc1ncn(-c2ccccn2)c(=O)n1. The Morgan fingerprint density at radius 3 is 2.36 bits per heavy atom. The van der Waals surface area contributed by atoms with Gasteiger partial charge in [0.05, 0.1) is 0 Å². The van der Waals surface area contributed by atoms with E-state index in [2.05, 4.69) is 44.7 Å². The van der Waals surface area contributed by atoms with Gasteiger partial charge in [0, 0.05) is 6.20 Å². The number of nitrogens with one attached hydrogen (secondary N) is 1. The first-order chi connectivity index (χ1) is 10.8. The van der Waals surface area contributed by atoms with Gasteiger partial charge in [0.2, 0.25) is 5.95 Å². The Morgan fingerprint density at radius 2 is 1.91 bits per heavy atom. The first-order valence-electron chi connectivity index (χ1n) is 6.68. The molecule has 2 bridgehead atoms. The molecular formula is C15H14N6O. The summed E-state index contributed by atoms with van der Waals surface area (Å²) in [4.78, 5) is 22.9. The van der Waals surface area contributed by atoms with Crippen LogP contribution in [0.5, 0.6) is 0 Å². The van der Waals surface area contributed by atoms with Gasteiger partial charge in [0.15, 0.2) is 0 Å². The van der Waals surface area contributed by atoms with Crippen molar-refractivity contribution in [1.82, 2.24) is 19.5 Å². The van der Waals surface area contributed by atoms with Gasteiger partial charge in [-0.1, -0.05) is 30.4 Å². The topological polar surface area (TPSA) is 98.7 Å². The minimum Gasteiger partial charge on any atom is -0.292 e. The minimum atomic E-state index is -0.489. The number of anilines is 1. The molecule has 3 N–H and O–H groups in total. The second-order valence-electron chi connectivity index (χ2n) is 4.66. The van der Waals surface area contributed by atoms with Crippen molar-refractivity contribution in [3.05, 3.63) is 76.7 Å². The number of hydrogen-bond acceptors (Lipinski definition) is 6. The van der Waals surface area contributed by atoms with Gasteiger partial charge < -0.3 is 0 Å². The normalized spacial score (nSPS) is 14.0. The molecule has 0 unspecified atom stereocenters. The lowest BCUT2D eigenvalue weighted by molar-refractivity contribution is 0.835. The van der Waals surface area contributed by atoms with Crippen molar-refractivity contribution >= 4 is 5.95 Å². The number of fused-ring (bicyclic) bond motifs is 2. The Bertz CT molecular complexity index is 799. The number of nitrogens with two attached hydrogens (primary N) is 1. The summed E-state index contributed by atoms with van der Waals surface area (Å²) in [5.74, 6) is 5.61. The van der Waals surface area contributed by atoms with E-state index in [9.17, 15) is 4.79 Å². The lowest BCUT2D eigenvalue weighted by Crippen LogP contribution is -2.25. The quantitative estimate of drug-likeness (QED) is 0.636. The van der Waals surface area contributed by atoms with Crippen molar-refractivity contribution in [1.29, 1.82) is 0 Å². The van der Waals surface area contributed by atoms with Crippen molar-refractivity contribution in [2.45, 2.75) is 6.42 Å². The van der Waals surface area contributed by atoms with E-state index in [0.717, 1.165) is 0 Å². The average Bonchev–Trinajstić information content (AvgIpc) is 3.21. The van der Waals surface area contributed by atoms with Gasteiger partial charge in [0.1, 0.15) is 12.1 Å². The number of rotatable bonds is 2. The van der Waals surface area contributed by atoms with Crippen LogP contribution >= 0.6 is 0 Å². The van der Waals surface area contributed by atoms with Gasteiger partial charge in [-0.3, -0.25) is 5.43 Å². The summed E-state index contributed by atoms with van der Waals surface area (Å²) in [5, 5.41) is 0. The number of nitrogen functional groups attached to an aromatic ring is 1. The lowest BCUT2D eigenvalue weighted by Gasteiger charge is -2.02. The second kappa shape index (κ2) is 6.15. The Balaban J connectivity index is 0.000000169. The second-order valence-corrected chi connectivity index (χ2v) is 4.66. The van der Waals surface area contributed by atoms with E-state index in [-0.39, 0.29) is 5.95 Å². The summed E-state index contributed by atoms with van der Waals surface area (Å²) in [6.45, 7) is 0. The molecule has 4 rings (SSSR count). The summed E-state index contributed by atoms with van der Waals surface area (Å²) in [6.07, 6.45) is 12.8. The van der Waals surface area contributed by atoms with Crippen molar-refractivity contribution < 1.29 is 0 Å². The van der Waals surface area contributed by atoms with E-state index in [0.29, 0.717) is 5.82 Å². The van der Waals surface area contributed by atoms with Crippen molar-refractivity contribution in [2.75, 3.05) is 5.43 Å². The van der Waals surface area contributed by atoms with Crippen molar-refractivity contribution in [3.63, 3.8) is 0 Å². The van der Waals surface area contributed by atoms with Crippen LogP contribution in [-0.4, -0.2) is 19.5 Å². The highest BCUT2D eigenvalue weighted by Crippen LogP contribution is 2.27. The maximum Gasteiger partial charge on any atom is 0.357 e. The Kier molecular flexibility index (Phi) is 3.88. The van der Waals surface area contributed by atoms with Crippen LogP contribution < -0.4 is 17.0 Å². The molecule has 2 heterocycles. The molecule has 0 aliphatic heterocycles. The molecule has 0 fully saturated rings. The fourth-order valence-electron chi connectivity index (χ4n) is 2.07. The van der Waals surface area contributed by atoms with Crippen LogP contribution in [0.2, 0.25) is 0 Å². The predicted molar refractivity (Wildman–Crippen MR) is 83.2 cm³/mol. The van der Waals surface area contributed by atoms with E-state index in [1.54, 1.807) is 24.4 Å². The van der Waals surface area contributed by atoms with Crippen molar-refractivity contribution in [3.8, 4) is 5.82 Å². The highest BCUT2D eigenvalue weighted by atomic mass is 16.1. The number of pyridine rings is 1. The molecule has 0 radical (unpaired) electrons. The Hall–Kier alpha value is -3.06. The van der Waals surface area contributed by atoms with E-state index < -0.39 is 5.69 Å². The van der Waals surface area contributed by atoms with E-state index in [4.69, 9.17) is 5.84 Å². The third kappa shape index (κ3) is 2.99. The summed E-state index contributed by atoms with van der Waals surface area (Å²) >= 11 is 0. The first kappa shape index (κ1) is 13.9. The summed E-state index contributed by atoms with van der Waals surface area (Å²) in [6, 6.07) is 5.20. The van der Waals surface area contributed by atoms with E-state index in [1.165, 1.54) is 28.5 Å². The van der Waals surface area contributed by atoms with Crippen LogP contribution in [-0.2, 0) is 0 Å². The zero-order chi connectivity index (χ0) is 15.4. The molecule has 0 saturated carbocycles. The van der Waals surface area contributed by atoms with E-state index >= 15 is 0 Å². The van der Waals surface area contributed by atoms with Crippen LogP contribution in [0.25, 0.3) is 5.82 Å². The molecule has 0 aromatic carbocycles. The molecule has 0 atom stereocenters. The van der Waals surface area contributed by atoms with Gasteiger partial charge in [-0.05, 0) is 29.7 Å². The smallest absolute Gasteiger partial charge is 0.292 e. The predicted octanol–water partition coefficient (Wildman–Crippen LogP) is 1.12. The van der Waals surface area contributed by atoms with E-state index in [1.807, 2.05) is 0 Å². The molecule has 2 aromatic rings. The fourth-order valence-corrected chi connectivity index (χ4v) is 2.07. The molecule has 22 heavy (non-hydrogen) atoms. The Labute approximate surface area is 126 Å². The van der Waals surface area contributed by atoms with Gasteiger partial charge in [-0.25, -0.2) is 25.2 Å². The molecule has 2 aromatic heterocycles. The molecule has 0 spiro atoms.